The minimum atomic E-state index is -4.44. The van der Waals surface area contributed by atoms with E-state index in [1.807, 2.05) is 31.2 Å². The number of benzene rings is 2. The molecule has 0 N–H and O–H groups in total. The Hall–Kier alpha value is -1.75. The number of hydrogen-bond acceptors (Lipinski definition) is 2. The number of hydrogen-bond donors (Lipinski definition) is 0. The second kappa shape index (κ2) is 5.71. The van der Waals surface area contributed by atoms with Crippen molar-refractivity contribution in [1.82, 2.24) is 0 Å². The molecule has 0 heterocycles. The first kappa shape index (κ1) is 14.7. The van der Waals surface area contributed by atoms with E-state index in [1.54, 1.807) is 0 Å². The molecule has 0 spiro atoms. The highest BCUT2D eigenvalue weighted by Gasteiger charge is 2.31. The molecular weight excluding hydrogens is 285 g/mol. The Morgan fingerprint density at radius 1 is 1.05 bits per heavy atom. The lowest BCUT2D eigenvalue weighted by molar-refractivity contribution is -0.137. The van der Waals surface area contributed by atoms with Crippen LogP contribution in [0.4, 0.5) is 13.2 Å². The minimum absolute atomic E-state index is 0.0467. The van der Waals surface area contributed by atoms with Crippen LogP contribution in [0.5, 0.6) is 0 Å². The summed E-state index contributed by atoms with van der Waals surface area (Å²) in [4.78, 5) is 12.4. The van der Waals surface area contributed by atoms with Crippen molar-refractivity contribution in [2.24, 2.45) is 0 Å². The maximum Gasteiger partial charge on any atom is 0.416 e. The zero-order valence-electron chi connectivity index (χ0n) is 10.6. The molecule has 0 aromatic heterocycles. The summed E-state index contributed by atoms with van der Waals surface area (Å²) in [5.41, 5.74) is 0.329. The molecule has 2 aromatic rings. The third kappa shape index (κ3) is 3.42. The highest BCUT2D eigenvalue weighted by molar-refractivity contribution is 7.99. The van der Waals surface area contributed by atoms with Gasteiger partial charge in [0.1, 0.15) is 0 Å². The van der Waals surface area contributed by atoms with E-state index in [1.165, 1.54) is 17.8 Å². The van der Waals surface area contributed by atoms with E-state index in [0.717, 1.165) is 22.6 Å². The van der Waals surface area contributed by atoms with E-state index in [0.29, 0.717) is 11.2 Å². The van der Waals surface area contributed by atoms with Crippen LogP contribution in [0.2, 0.25) is 0 Å². The van der Waals surface area contributed by atoms with Crippen LogP contribution in [0.3, 0.4) is 0 Å². The van der Waals surface area contributed by atoms with Gasteiger partial charge in [-0.2, -0.15) is 13.2 Å². The van der Waals surface area contributed by atoms with Crippen molar-refractivity contribution in [3.8, 4) is 0 Å². The lowest BCUT2D eigenvalue weighted by Gasteiger charge is -2.10. The van der Waals surface area contributed by atoms with Crippen molar-refractivity contribution >= 4 is 18.0 Å². The van der Waals surface area contributed by atoms with Gasteiger partial charge < -0.3 is 0 Å². The predicted molar refractivity (Wildman–Crippen MR) is 72.1 cm³/mol. The predicted octanol–water partition coefficient (Wildman–Crippen LogP) is 4.98. The van der Waals surface area contributed by atoms with Crippen molar-refractivity contribution in [2.75, 3.05) is 0 Å². The second-order valence-corrected chi connectivity index (χ2v) is 5.40. The molecule has 0 aliphatic heterocycles. The molecule has 0 aliphatic rings. The number of alkyl halides is 3. The standard InChI is InChI=1S/C15H11F3OS/c1-10-2-5-13(6-3-10)20-14-7-4-12(15(16,17)18)8-11(14)9-19/h2-9H,1H3. The van der Waals surface area contributed by atoms with Crippen LogP contribution in [0.1, 0.15) is 21.5 Å². The van der Waals surface area contributed by atoms with E-state index in [-0.39, 0.29) is 5.56 Å². The maximum atomic E-state index is 12.6. The Kier molecular flexibility index (Phi) is 4.18. The number of halogens is 3. The average Bonchev–Trinajstić information content (AvgIpc) is 2.40. The van der Waals surface area contributed by atoms with Gasteiger partial charge in [0.2, 0.25) is 0 Å². The van der Waals surface area contributed by atoms with Crippen molar-refractivity contribution < 1.29 is 18.0 Å². The quantitative estimate of drug-likeness (QED) is 0.743. The first-order valence-electron chi connectivity index (χ1n) is 5.81. The number of rotatable bonds is 3. The molecule has 20 heavy (non-hydrogen) atoms. The topological polar surface area (TPSA) is 17.1 Å². The largest absolute Gasteiger partial charge is 0.416 e. The molecule has 2 rings (SSSR count). The zero-order chi connectivity index (χ0) is 14.8. The van der Waals surface area contributed by atoms with E-state index >= 15 is 0 Å². The van der Waals surface area contributed by atoms with Crippen molar-refractivity contribution in [3.63, 3.8) is 0 Å². The van der Waals surface area contributed by atoms with Gasteiger partial charge in [-0.15, -0.1) is 0 Å². The molecule has 104 valence electrons. The molecule has 1 nitrogen and oxygen atoms in total. The van der Waals surface area contributed by atoms with Gasteiger partial charge in [-0.1, -0.05) is 29.5 Å². The van der Waals surface area contributed by atoms with Crippen LogP contribution in [0.25, 0.3) is 0 Å². The number of carbonyl (C=O) groups excluding carboxylic acids is 1. The Balaban J connectivity index is 2.32. The van der Waals surface area contributed by atoms with Gasteiger partial charge >= 0.3 is 6.18 Å². The van der Waals surface area contributed by atoms with Crippen LogP contribution in [-0.4, -0.2) is 6.29 Å². The Morgan fingerprint density at radius 2 is 1.70 bits per heavy atom. The van der Waals surface area contributed by atoms with Crippen molar-refractivity contribution in [1.29, 1.82) is 0 Å². The summed E-state index contributed by atoms with van der Waals surface area (Å²) in [7, 11) is 0. The first-order valence-corrected chi connectivity index (χ1v) is 6.63. The van der Waals surface area contributed by atoms with Crippen LogP contribution in [0.15, 0.2) is 52.3 Å². The van der Waals surface area contributed by atoms with Gasteiger partial charge in [-0.25, -0.2) is 0 Å². The summed E-state index contributed by atoms with van der Waals surface area (Å²) < 4.78 is 37.8. The molecule has 0 saturated heterocycles. The van der Waals surface area contributed by atoms with Crippen LogP contribution < -0.4 is 0 Å². The van der Waals surface area contributed by atoms with Gasteiger partial charge in [0, 0.05) is 15.4 Å². The third-order valence-corrected chi connectivity index (χ3v) is 3.81. The second-order valence-electron chi connectivity index (χ2n) is 4.28. The van der Waals surface area contributed by atoms with Gasteiger partial charge in [-0.05, 0) is 37.3 Å². The monoisotopic (exact) mass is 296 g/mol. The van der Waals surface area contributed by atoms with Gasteiger partial charge in [-0.3, -0.25) is 4.79 Å². The summed E-state index contributed by atoms with van der Waals surface area (Å²) >= 11 is 1.27. The van der Waals surface area contributed by atoms with Crippen molar-refractivity contribution in [2.45, 2.75) is 22.9 Å². The van der Waals surface area contributed by atoms with Crippen LogP contribution >= 0.6 is 11.8 Å². The summed E-state index contributed by atoms with van der Waals surface area (Å²) in [5, 5.41) is 0. The molecule has 0 aliphatic carbocycles. The Morgan fingerprint density at radius 3 is 2.25 bits per heavy atom. The normalized spacial score (nSPS) is 11.4. The molecule has 0 fully saturated rings. The highest BCUT2D eigenvalue weighted by Crippen LogP contribution is 2.35. The fourth-order valence-corrected chi connectivity index (χ4v) is 2.53. The molecule has 0 radical (unpaired) electrons. The van der Waals surface area contributed by atoms with E-state index < -0.39 is 11.7 Å². The van der Waals surface area contributed by atoms with Gasteiger partial charge in [0.15, 0.2) is 6.29 Å². The highest BCUT2D eigenvalue weighted by atomic mass is 32.2. The lowest BCUT2D eigenvalue weighted by atomic mass is 10.1. The molecule has 0 amide bonds. The smallest absolute Gasteiger partial charge is 0.298 e. The summed E-state index contributed by atoms with van der Waals surface area (Å²) in [6.07, 6.45) is -3.99. The molecule has 2 aromatic carbocycles. The van der Waals surface area contributed by atoms with E-state index in [9.17, 15) is 18.0 Å². The van der Waals surface area contributed by atoms with Crippen LogP contribution in [0, 0.1) is 6.92 Å². The first-order chi connectivity index (χ1) is 9.40. The van der Waals surface area contributed by atoms with Gasteiger partial charge in [0.05, 0.1) is 5.56 Å². The Labute approximate surface area is 118 Å². The van der Waals surface area contributed by atoms with E-state index in [2.05, 4.69) is 0 Å². The maximum absolute atomic E-state index is 12.6. The lowest BCUT2D eigenvalue weighted by Crippen LogP contribution is -2.05. The Bertz CT molecular complexity index is 618. The zero-order valence-corrected chi connectivity index (χ0v) is 11.4. The molecule has 0 atom stereocenters. The fourth-order valence-electron chi connectivity index (χ4n) is 1.64. The summed E-state index contributed by atoms with van der Waals surface area (Å²) in [6.45, 7) is 1.95. The van der Waals surface area contributed by atoms with Crippen molar-refractivity contribution in [3.05, 3.63) is 59.2 Å². The number of aryl methyl sites for hydroxylation is 1. The average molecular weight is 296 g/mol. The number of aldehydes is 1. The van der Waals surface area contributed by atoms with Gasteiger partial charge in [0.25, 0.3) is 0 Å². The van der Waals surface area contributed by atoms with E-state index in [4.69, 9.17) is 0 Å². The molecule has 0 bridgehead atoms. The molecule has 0 saturated carbocycles. The number of carbonyl (C=O) groups is 1. The molecular formula is C15H11F3OS. The fraction of sp³-hybridized carbons (Fsp3) is 0.133. The molecule has 5 heteroatoms. The van der Waals surface area contributed by atoms with Crippen LogP contribution in [-0.2, 0) is 6.18 Å². The SMILES string of the molecule is Cc1ccc(Sc2ccc(C(F)(F)F)cc2C=O)cc1. The summed E-state index contributed by atoms with van der Waals surface area (Å²) in [6, 6.07) is 10.8. The molecule has 0 unspecified atom stereocenters. The minimum Gasteiger partial charge on any atom is -0.298 e. The third-order valence-electron chi connectivity index (χ3n) is 2.71. The summed E-state index contributed by atoms with van der Waals surface area (Å²) in [5.74, 6) is 0.